The predicted octanol–water partition coefficient (Wildman–Crippen LogP) is 0.655. The number of H-pyrrole nitrogens is 1. The molecule has 0 aliphatic heterocycles. The van der Waals surface area contributed by atoms with Crippen molar-refractivity contribution in [3.05, 3.63) is 11.4 Å². The number of rotatable bonds is 4. The zero-order valence-corrected chi connectivity index (χ0v) is 9.76. The van der Waals surface area contributed by atoms with Crippen LogP contribution in [0.15, 0.2) is 0 Å². The van der Waals surface area contributed by atoms with E-state index in [4.69, 9.17) is 11.6 Å². The van der Waals surface area contributed by atoms with Crippen molar-refractivity contribution in [3.8, 4) is 0 Å². The van der Waals surface area contributed by atoms with Gasteiger partial charge < -0.3 is 5.32 Å². The van der Waals surface area contributed by atoms with Gasteiger partial charge in [-0.05, 0) is 19.3 Å². The summed E-state index contributed by atoms with van der Waals surface area (Å²) >= 11 is 5.55. The van der Waals surface area contributed by atoms with Crippen LogP contribution >= 0.6 is 11.6 Å². The number of carbonyl (C=O) groups excluding carboxylic acids is 1. The summed E-state index contributed by atoms with van der Waals surface area (Å²) in [5.41, 5.74) is 1.94. The molecule has 1 aromatic heterocycles. The van der Waals surface area contributed by atoms with E-state index < -0.39 is 0 Å². The number of nitrogens with zero attached hydrogens (tertiary/aromatic N) is 2. The van der Waals surface area contributed by atoms with Crippen LogP contribution in [0.1, 0.15) is 24.2 Å². The van der Waals surface area contributed by atoms with Crippen molar-refractivity contribution in [2.75, 3.05) is 12.4 Å². The molecule has 5 nitrogen and oxygen atoms in total. The first kappa shape index (κ1) is 11.4. The van der Waals surface area contributed by atoms with Crippen LogP contribution in [0.2, 0.25) is 0 Å². The Morgan fingerprint density at radius 3 is 3.12 bits per heavy atom. The molecule has 2 rings (SSSR count). The zero-order chi connectivity index (χ0) is 11.4. The van der Waals surface area contributed by atoms with E-state index in [9.17, 15) is 4.79 Å². The number of aryl methyl sites for hydroxylation is 1. The lowest BCUT2D eigenvalue weighted by Gasteiger charge is -2.19. The quantitative estimate of drug-likeness (QED) is 0.602. The van der Waals surface area contributed by atoms with Gasteiger partial charge in [0.15, 0.2) is 0 Å². The highest BCUT2D eigenvalue weighted by Crippen LogP contribution is 2.22. The fourth-order valence-electron chi connectivity index (χ4n) is 1.93. The fourth-order valence-corrected chi connectivity index (χ4v) is 2.06. The van der Waals surface area contributed by atoms with Gasteiger partial charge in [0.1, 0.15) is 0 Å². The molecular weight excluding hydrogens is 228 g/mol. The van der Waals surface area contributed by atoms with E-state index in [1.54, 1.807) is 0 Å². The van der Waals surface area contributed by atoms with Gasteiger partial charge in [-0.15, -0.1) is 11.6 Å². The van der Waals surface area contributed by atoms with Gasteiger partial charge in [0.05, 0.1) is 11.4 Å². The summed E-state index contributed by atoms with van der Waals surface area (Å²) in [5, 5.41) is 13.6. The minimum Gasteiger partial charge on any atom is -0.356 e. The number of nitrogens with one attached hydrogen (secondary N) is 2. The fraction of sp³-hybridized carbons (Fsp3) is 0.700. The number of amides is 1. The molecular formula is C10H15ClN4O. The maximum atomic E-state index is 11.8. The molecule has 0 radical (unpaired) electrons. The van der Waals surface area contributed by atoms with E-state index in [0.29, 0.717) is 18.8 Å². The molecule has 1 aliphatic carbocycles. The van der Waals surface area contributed by atoms with E-state index in [0.717, 1.165) is 30.7 Å². The van der Waals surface area contributed by atoms with Crippen LogP contribution in [0.25, 0.3) is 0 Å². The van der Waals surface area contributed by atoms with Crippen molar-refractivity contribution in [1.29, 1.82) is 0 Å². The van der Waals surface area contributed by atoms with Gasteiger partial charge in [0.2, 0.25) is 5.91 Å². The smallest absolute Gasteiger partial charge is 0.223 e. The number of aromatic nitrogens is 3. The molecule has 16 heavy (non-hydrogen) atoms. The Kier molecular flexibility index (Phi) is 3.77. The van der Waals surface area contributed by atoms with Gasteiger partial charge in [-0.25, -0.2) is 0 Å². The van der Waals surface area contributed by atoms with Crippen molar-refractivity contribution in [2.45, 2.75) is 25.7 Å². The Balaban J connectivity index is 1.86. The monoisotopic (exact) mass is 242 g/mol. The minimum atomic E-state index is 0.0351. The largest absolute Gasteiger partial charge is 0.356 e. The maximum absolute atomic E-state index is 11.8. The molecule has 1 aliphatic rings. The van der Waals surface area contributed by atoms with Crippen molar-refractivity contribution in [1.82, 2.24) is 20.7 Å². The van der Waals surface area contributed by atoms with Crippen LogP contribution in [0.5, 0.6) is 0 Å². The lowest BCUT2D eigenvalue weighted by molar-refractivity contribution is -0.125. The average Bonchev–Trinajstić information content (AvgIpc) is 2.76. The van der Waals surface area contributed by atoms with Gasteiger partial charge >= 0.3 is 0 Å². The number of hydrogen-bond donors (Lipinski definition) is 2. The zero-order valence-electron chi connectivity index (χ0n) is 9.00. The molecule has 0 aromatic carbocycles. The summed E-state index contributed by atoms with van der Waals surface area (Å²) in [6.45, 7) is 0.657. The van der Waals surface area contributed by atoms with Crippen molar-refractivity contribution in [2.24, 2.45) is 5.92 Å². The molecule has 2 N–H and O–H groups in total. The topological polar surface area (TPSA) is 70.7 Å². The van der Waals surface area contributed by atoms with Gasteiger partial charge in [-0.2, -0.15) is 15.4 Å². The molecule has 0 fully saturated rings. The molecule has 1 unspecified atom stereocenters. The predicted molar refractivity (Wildman–Crippen MR) is 60.2 cm³/mol. The van der Waals surface area contributed by atoms with Gasteiger partial charge in [0.25, 0.3) is 0 Å². The second kappa shape index (κ2) is 5.30. The summed E-state index contributed by atoms with van der Waals surface area (Å²) < 4.78 is 0. The molecule has 0 spiro atoms. The second-order valence-electron chi connectivity index (χ2n) is 3.99. The Bertz CT molecular complexity index is 365. The van der Waals surface area contributed by atoms with E-state index in [1.807, 2.05) is 0 Å². The summed E-state index contributed by atoms with van der Waals surface area (Å²) in [7, 11) is 0. The molecule has 1 heterocycles. The Labute approximate surface area is 98.9 Å². The first-order valence-electron chi connectivity index (χ1n) is 5.53. The highest BCUT2D eigenvalue weighted by Gasteiger charge is 2.26. The normalized spacial score (nSPS) is 19.2. The number of alkyl halides is 1. The molecule has 88 valence electrons. The van der Waals surface area contributed by atoms with Crippen LogP contribution in [-0.2, 0) is 17.6 Å². The van der Waals surface area contributed by atoms with Gasteiger partial charge in [0, 0.05) is 24.8 Å². The first-order valence-corrected chi connectivity index (χ1v) is 6.07. The minimum absolute atomic E-state index is 0.0351. The lowest BCUT2D eigenvalue weighted by atomic mass is 9.89. The van der Waals surface area contributed by atoms with E-state index >= 15 is 0 Å². The second-order valence-corrected chi connectivity index (χ2v) is 4.37. The summed E-state index contributed by atoms with van der Waals surface area (Å²) in [4.78, 5) is 11.8. The molecule has 0 saturated carbocycles. The first-order chi connectivity index (χ1) is 7.81. The van der Waals surface area contributed by atoms with Crippen molar-refractivity contribution in [3.63, 3.8) is 0 Å². The third-order valence-corrected chi connectivity index (χ3v) is 3.12. The van der Waals surface area contributed by atoms with Crippen LogP contribution in [0.4, 0.5) is 0 Å². The maximum Gasteiger partial charge on any atom is 0.223 e. The Morgan fingerprint density at radius 1 is 1.50 bits per heavy atom. The van der Waals surface area contributed by atoms with E-state index in [-0.39, 0.29) is 11.8 Å². The van der Waals surface area contributed by atoms with Crippen molar-refractivity contribution < 1.29 is 4.79 Å². The van der Waals surface area contributed by atoms with E-state index in [1.165, 1.54) is 0 Å². The summed E-state index contributed by atoms with van der Waals surface area (Å²) in [6.07, 6.45) is 3.19. The molecule has 6 heteroatoms. The van der Waals surface area contributed by atoms with Crippen LogP contribution in [0.3, 0.4) is 0 Å². The summed E-state index contributed by atoms with van der Waals surface area (Å²) in [5.74, 6) is 0.727. The van der Waals surface area contributed by atoms with Crippen LogP contribution < -0.4 is 5.32 Å². The molecule has 0 saturated heterocycles. The van der Waals surface area contributed by atoms with E-state index in [2.05, 4.69) is 20.7 Å². The van der Waals surface area contributed by atoms with Crippen LogP contribution in [0, 0.1) is 5.92 Å². The lowest BCUT2D eigenvalue weighted by Crippen LogP contribution is -2.34. The number of aromatic amines is 1. The standard InChI is InChI=1S/C10H15ClN4O/c11-4-1-5-12-10(16)7-2-3-8-9(6-7)14-15-13-8/h7H,1-6H2,(H,12,16)(H,13,14,15). The van der Waals surface area contributed by atoms with Crippen LogP contribution in [-0.4, -0.2) is 33.7 Å². The van der Waals surface area contributed by atoms with Gasteiger partial charge in [-0.3, -0.25) is 4.79 Å². The highest BCUT2D eigenvalue weighted by molar-refractivity contribution is 6.17. The molecule has 1 aromatic rings. The molecule has 1 amide bonds. The van der Waals surface area contributed by atoms with Crippen molar-refractivity contribution >= 4 is 17.5 Å². The number of hydrogen-bond acceptors (Lipinski definition) is 3. The SMILES string of the molecule is O=C(NCCCCl)C1CCc2n[nH]nc2C1. The summed E-state index contributed by atoms with van der Waals surface area (Å²) in [6, 6.07) is 0. The molecule has 1 atom stereocenters. The third-order valence-electron chi connectivity index (χ3n) is 2.85. The third kappa shape index (κ3) is 2.52. The average molecular weight is 243 g/mol. The number of carbonyl (C=O) groups is 1. The number of halogens is 1. The highest BCUT2D eigenvalue weighted by atomic mass is 35.5. The Morgan fingerprint density at radius 2 is 2.31 bits per heavy atom. The molecule has 0 bridgehead atoms. The van der Waals surface area contributed by atoms with Gasteiger partial charge in [-0.1, -0.05) is 0 Å². The Hall–Kier alpha value is -1.10. The number of fused-ring (bicyclic) bond motifs is 1.